The summed E-state index contributed by atoms with van der Waals surface area (Å²) in [4.78, 5) is 32.2. The molecule has 1 saturated heterocycles. The maximum atomic E-state index is 12.4. The van der Waals surface area contributed by atoms with E-state index in [-0.39, 0.29) is 12.0 Å². The van der Waals surface area contributed by atoms with Crippen LogP contribution in [-0.4, -0.2) is 69.2 Å². The van der Waals surface area contributed by atoms with Gasteiger partial charge in [0.1, 0.15) is 11.2 Å². The molecule has 0 spiro atoms. The monoisotopic (exact) mass is 309 g/mol. The Morgan fingerprint density at radius 2 is 2.00 bits per heavy atom. The maximum absolute atomic E-state index is 12.4. The molecule has 0 N–H and O–H groups in total. The van der Waals surface area contributed by atoms with Crippen molar-refractivity contribution in [2.45, 2.75) is 6.92 Å². The van der Waals surface area contributed by atoms with E-state index in [0.29, 0.717) is 43.4 Å². The highest BCUT2D eigenvalue weighted by atomic mass is 32.1. The Balaban J connectivity index is 1.62. The molecule has 112 valence electrons. The van der Waals surface area contributed by atoms with Gasteiger partial charge in [-0.15, -0.1) is 0 Å². The lowest BCUT2D eigenvalue weighted by Gasteiger charge is -2.33. The Hall–Kier alpha value is -2.16. The van der Waals surface area contributed by atoms with Gasteiger partial charge in [0, 0.05) is 26.2 Å². The summed E-state index contributed by atoms with van der Waals surface area (Å²) in [5.74, 6) is -0.129. The Kier molecular flexibility index (Phi) is 3.74. The number of hydrogen-bond acceptors (Lipinski definition) is 6. The number of fused-ring (bicyclic) bond motifs is 1. The quantitative estimate of drug-likeness (QED) is 0.816. The van der Waals surface area contributed by atoms with Crippen LogP contribution < -0.4 is 0 Å². The summed E-state index contributed by atoms with van der Waals surface area (Å²) in [6.07, 6.45) is 1.31. The fourth-order valence-corrected chi connectivity index (χ4v) is 2.81. The second kappa shape index (κ2) is 5.68. The molecule has 1 fully saturated rings. The number of hydrogen-bond donors (Lipinski definition) is 0. The van der Waals surface area contributed by atoms with Crippen LogP contribution in [0.15, 0.2) is 11.7 Å². The van der Waals surface area contributed by atoms with Gasteiger partial charge in [0.2, 0.25) is 4.96 Å². The van der Waals surface area contributed by atoms with Crippen molar-refractivity contribution < 1.29 is 14.3 Å². The zero-order valence-electron chi connectivity index (χ0n) is 11.6. The van der Waals surface area contributed by atoms with Crippen LogP contribution in [0.5, 0.6) is 0 Å². The highest BCUT2D eigenvalue weighted by Crippen LogP contribution is 2.12. The Labute approximate surface area is 124 Å². The fourth-order valence-electron chi connectivity index (χ4n) is 2.21. The summed E-state index contributed by atoms with van der Waals surface area (Å²) in [5.41, 5.74) is 2.06. The van der Waals surface area contributed by atoms with Gasteiger partial charge in [-0.3, -0.25) is 4.79 Å². The van der Waals surface area contributed by atoms with E-state index >= 15 is 0 Å². The van der Waals surface area contributed by atoms with E-state index in [1.807, 2.05) is 0 Å². The van der Waals surface area contributed by atoms with Gasteiger partial charge in [0.25, 0.3) is 5.91 Å². The largest absolute Gasteiger partial charge is 0.450 e. The molecule has 0 bridgehead atoms. The van der Waals surface area contributed by atoms with Crippen molar-refractivity contribution in [2.75, 3.05) is 32.8 Å². The molecule has 2 amide bonds. The Bertz CT molecular complexity index is 630. The molecular formula is C12H15N5O3S. The molecule has 9 heteroatoms. The van der Waals surface area contributed by atoms with Crippen molar-refractivity contribution in [2.24, 2.45) is 0 Å². The molecule has 0 aliphatic carbocycles. The Morgan fingerprint density at radius 3 is 2.67 bits per heavy atom. The average molecular weight is 309 g/mol. The van der Waals surface area contributed by atoms with E-state index in [1.165, 1.54) is 11.3 Å². The zero-order chi connectivity index (χ0) is 14.8. The highest BCUT2D eigenvalue weighted by Gasteiger charge is 2.26. The molecule has 0 radical (unpaired) electrons. The van der Waals surface area contributed by atoms with Crippen LogP contribution in [0.4, 0.5) is 4.79 Å². The van der Waals surface area contributed by atoms with Gasteiger partial charge < -0.3 is 14.5 Å². The summed E-state index contributed by atoms with van der Waals surface area (Å²) in [6.45, 7) is 4.05. The van der Waals surface area contributed by atoms with Crippen LogP contribution >= 0.6 is 11.3 Å². The number of rotatable bonds is 2. The third-order valence-corrected chi connectivity index (χ3v) is 3.99. The minimum atomic E-state index is -0.323. The molecule has 2 aromatic heterocycles. The lowest BCUT2D eigenvalue weighted by Crippen LogP contribution is -2.50. The van der Waals surface area contributed by atoms with Gasteiger partial charge in [-0.1, -0.05) is 11.3 Å². The standard InChI is InChI=1S/C12H15N5O3S/c1-2-20-12(19)16-5-3-15(4-6-16)10(18)9-7-17-11(14-9)21-8-13-17/h7-8H,2-6H2,1H3. The van der Waals surface area contributed by atoms with E-state index in [9.17, 15) is 9.59 Å². The number of imidazole rings is 1. The third-order valence-electron chi connectivity index (χ3n) is 3.30. The SMILES string of the molecule is CCOC(=O)N1CCN(C(=O)c2cn3ncsc3n2)CC1. The molecule has 0 saturated carbocycles. The molecule has 21 heavy (non-hydrogen) atoms. The highest BCUT2D eigenvalue weighted by molar-refractivity contribution is 7.14. The maximum Gasteiger partial charge on any atom is 0.409 e. The minimum absolute atomic E-state index is 0.129. The number of aromatic nitrogens is 3. The first kappa shape index (κ1) is 13.8. The topological polar surface area (TPSA) is 80.0 Å². The van der Waals surface area contributed by atoms with Gasteiger partial charge in [0.05, 0.1) is 12.8 Å². The first-order chi connectivity index (χ1) is 10.2. The summed E-state index contributed by atoms with van der Waals surface area (Å²) >= 11 is 1.38. The van der Waals surface area contributed by atoms with Crippen LogP contribution in [-0.2, 0) is 4.74 Å². The smallest absolute Gasteiger partial charge is 0.409 e. The van der Waals surface area contributed by atoms with Gasteiger partial charge in [-0.05, 0) is 6.92 Å². The van der Waals surface area contributed by atoms with Gasteiger partial charge in [-0.2, -0.15) is 5.10 Å². The van der Waals surface area contributed by atoms with E-state index in [0.717, 1.165) is 0 Å². The van der Waals surface area contributed by atoms with E-state index in [4.69, 9.17) is 4.74 Å². The number of ether oxygens (including phenoxy) is 1. The summed E-state index contributed by atoms with van der Waals surface area (Å²) in [7, 11) is 0. The van der Waals surface area contributed by atoms with E-state index in [2.05, 4.69) is 10.1 Å². The number of piperazine rings is 1. The molecule has 3 rings (SSSR count). The first-order valence-corrected chi connectivity index (χ1v) is 7.57. The van der Waals surface area contributed by atoms with Gasteiger partial charge in [-0.25, -0.2) is 14.3 Å². The molecule has 1 aliphatic heterocycles. The second-order valence-electron chi connectivity index (χ2n) is 4.57. The second-order valence-corrected chi connectivity index (χ2v) is 5.38. The summed E-state index contributed by atoms with van der Waals surface area (Å²) in [5, 5.41) is 4.06. The lowest BCUT2D eigenvalue weighted by molar-refractivity contribution is 0.0566. The van der Waals surface area contributed by atoms with Crippen molar-refractivity contribution >= 4 is 28.3 Å². The molecule has 3 heterocycles. The van der Waals surface area contributed by atoms with Crippen LogP contribution in [0.2, 0.25) is 0 Å². The number of amides is 2. The molecule has 0 atom stereocenters. The van der Waals surface area contributed by atoms with E-state index in [1.54, 1.807) is 32.9 Å². The van der Waals surface area contributed by atoms with Crippen LogP contribution in [0, 0.1) is 0 Å². The van der Waals surface area contributed by atoms with Crippen molar-refractivity contribution in [3.05, 3.63) is 17.4 Å². The number of carbonyl (C=O) groups excluding carboxylic acids is 2. The minimum Gasteiger partial charge on any atom is -0.450 e. The van der Waals surface area contributed by atoms with Crippen LogP contribution in [0.1, 0.15) is 17.4 Å². The molecular weight excluding hydrogens is 294 g/mol. The lowest BCUT2D eigenvalue weighted by atomic mass is 10.3. The van der Waals surface area contributed by atoms with Crippen molar-refractivity contribution in [3.63, 3.8) is 0 Å². The van der Waals surface area contributed by atoms with Gasteiger partial charge in [0.15, 0.2) is 0 Å². The first-order valence-electron chi connectivity index (χ1n) is 6.69. The van der Waals surface area contributed by atoms with Crippen molar-refractivity contribution in [1.29, 1.82) is 0 Å². The third kappa shape index (κ3) is 2.68. The average Bonchev–Trinajstić information content (AvgIpc) is 3.08. The fraction of sp³-hybridized carbons (Fsp3) is 0.500. The summed E-state index contributed by atoms with van der Waals surface area (Å²) < 4.78 is 6.54. The van der Waals surface area contributed by atoms with Gasteiger partial charge >= 0.3 is 6.09 Å². The Morgan fingerprint density at radius 1 is 1.29 bits per heavy atom. The normalized spacial score (nSPS) is 15.5. The molecule has 1 aliphatic rings. The van der Waals surface area contributed by atoms with Crippen LogP contribution in [0.3, 0.4) is 0 Å². The number of nitrogens with zero attached hydrogens (tertiary/aromatic N) is 5. The molecule has 2 aromatic rings. The van der Waals surface area contributed by atoms with E-state index < -0.39 is 0 Å². The molecule has 0 aromatic carbocycles. The predicted octanol–water partition coefficient (Wildman–Crippen LogP) is 0.705. The van der Waals surface area contributed by atoms with Crippen molar-refractivity contribution in [3.8, 4) is 0 Å². The number of carbonyl (C=O) groups is 2. The molecule has 8 nitrogen and oxygen atoms in total. The molecule has 0 unspecified atom stereocenters. The summed E-state index contributed by atoms with van der Waals surface area (Å²) in [6, 6.07) is 0. The predicted molar refractivity (Wildman–Crippen MR) is 75.4 cm³/mol. The zero-order valence-corrected chi connectivity index (χ0v) is 12.4. The van der Waals surface area contributed by atoms with Crippen molar-refractivity contribution in [1.82, 2.24) is 24.4 Å². The van der Waals surface area contributed by atoms with Crippen LogP contribution in [0.25, 0.3) is 4.96 Å².